The van der Waals surface area contributed by atoms with E-state index in [0.717, 1.165) is 84.7 Å². The molecule has 0 radical (unpaired) electrons. The number of nitrogens with one attached hydrogen (secondary N) is 2. The quantitative estimate of drug-likeness (QED) is 0.225. The standard InChI is InChI=1S/C24H31N7S.C6H11NO2/c1-30(2)16-7-9-31(10-8-16)20-12-18(26)15(13-25)11-19(20)29-23-22-17-5-3-4-6-21(17)32-24(22)28-14-27-23;1-6-4-9-3-2-7(6)5-8/h11-14,16,25H,3-10,26H2,1-2H3,(H,27,28,29);5-6H,2-4H2,1H3. The topological polar surface area (TPSA) is 124 Å². The van der Waals surface area contributed by atoms with E-state index in [-0.39, 0.29) is 6.04 Å². The Hall–Kier alpha value is -3.28. The lowest BCUT2D eigenvalue weighted by Crippen LogP contribution is -2.42. The lowest BCUT2D eigenvalue weighted by molar-refractivity contribution is -0.125. The van der Waals surface area contributed by atoms with Crippen LogP contribution in [0.5, 0.6) is 0 Å². The number of hydrogen-bond donors (Lipinski definition) is 3. The number of thiophene rings is 1. The van der Waals surface area contributed by atoms with Crippen molar-refractivity contribution in [1.29, 1.82) is 5.41 Å². The van der Waals surface area contributed by atoms with Gasteiger partial charge in [0.15, 0.2) is 0 Å². The Balaban J connectivity index is 0.000000321. The number of amides is 1. The Labute approximate surface area is 246 Å². The summed E-state index contributed by atoms with van der Waals surface area (Å²) in [7, 11) is 4.32. The number of carbonyl (C=O) groups excluding carboxylic acids is 1. The summed E-state index contributed by atoms with van der Waals surface area (Å²) in [5.41, 5.74) is 11.1. The van der Waals surface area contributed by atoms with Crippen molar-refractivity contribution in [1.82, 2.24) is 19.8 Å². The molecule has 1 aliphatic carbocycles. The molecular weight excluding hydrogens is 536 g/mol. The summed E-state index contributed by atoms with van der Waals surface area (Å²) in [4.78, 5) is 28.5. The molecule has 1 atom stereocenters. The highest BCUT2D eigenvalue weighted by Gasteiger charge is 2.25. The van der Waals surface area contributed by atoms with Crippen LogP contribution >= 0.6 is 11.3 Å². The molecule has 10 nitrogen and oxygen atoms in total. The summed E-state index contributed by atoms with van der Waals surface area (Å²) in [6.45, 7) is 6.04. The van der Waals surface area contributed by atoms with Crippen molar-refractivity contribution in [3.05, 3.63) is 34.5 Å². The molecule has 11 heteroatoms. The van der Waals surface area contributed by atoms with Gasteiger partial charge in [0.2, 0.25) is 6.41 Å². The SMILES string of the molecule is CC1COCCN1C=O.CN(C)C1CCN(c2cc(N)c(C=N)cc2Nc2ncnc3sc4c(c23)CCCC4)CC1. The molecular formula is C30H42N8O2S. The summed E-state index contributed by atoms with van der Waals surface area (Å²) in [6.07, 6.45) is 10.8. The second-order valence-electron chi connectivity index (χ2n) is 11.3. The molecule has 4 heterocycles. The molecule has 4 N–H and O–H groups in total. The molecule has 0 spiro atoms. The van der Waals surface area contributed by atoms with E-state index in [2.05, 4.69) is 39.2 Å². The fraction of sp³-hybridized carbons (Fsp3) is 0.533. The Bertz CT molecular complexity index is 1370. The number of fused-ring (bicyclic) bond motifs is 3. The van der Waals surface area contributed by atoms with Gasteiger partial charge in [-0.1, -0.05) is 0 Å². The van der Waals surface area contributed by atoms with Gasteiger partial charge in [0.25, 0.3) is 0 Å². The number of anilines is 4. The molecule has 2 aromatic heterocycles. The first-order valence-corrected chi connectivity index (χ1v) is 15.4. The first kappa shape index (κ1) is 29.2. The average molecular weight is 579 g/mol. The number of ether oxygens (including phenoxy) is 1. The number of morpholine rings is 1. The van der Waals surface area contributed by atoms with Crippen LogP contribution in [0, 0.1) is 5.41 Å². The van der Waals surface area contributed by atoms with Crippen LogP contribution < -0.4 is 16.0 Å². The van der Waals surface area contributed by atoms with Gasteiger partial charge < -0.3 is 35.9 Å². The van der Waals surface area contributed by atoms with Crippen LogP contribution in [0.2, 0.25) is 0 Å². The number of nitrogens with zero attached hydrogens (tertiary/aromatic N) is 5. The molecule has 2 fully saturated rings. The van der Waals surface area contributed by atoms with Gasteiger partial charge in [-0.2, -0.15) is 0 Å². The maximum Gasteiger partial charge on any atom is 0.210 e. The summed E-state index contributed by atoms with van der Waals surface area (Å²) in [5, 5.41) is 12.6. The number of piperidine rings is 1. The molecule has 3 aliphatic rings. The van der Waals surface area contributed by atoms with Crippen LogP contribution in [0.15, 0.2) is 18.5 Å². The smallest absolute Gasteiger partial charge is 0.210 e. The van der Waals surface area contributed by atoms with Gasteiger partial charge in [-0.15, -0.1) is 11.3 Å². The van der Waals surface area contributed by atoms with E-state index in [4.69, 9.17) is 15.9 Å². The van der Waals surface area contributed by atoms with Crippen LogP contribution in [0.4, 0.5) is 22.9 Å². The molecule has 3 aromatic rings. The van der Waals surface area contributed by atoms with Crippen LogP contribution in [0.25, 0.3) is 10.2 Å². The van der Waals surface area contributed by atoms with Crippen molar-refractivity contribution in [3.63, 3.8) is 0 Å². The van der Waals surface area contributed by atoms with Gasteiger partial charge in [-0.25, -0.2) is 9.97 Å². The fourth-order valence-corrected chi connectivity index (χ4v) is 7.17. The summed E-state index contributed by atoms with van der Waals surface area (Å²) >= 11 is 1.81. The zero-order valence-corrected chi connectivity index (χ0v) is 25.2. The highest BCUT2D eigenvalue weighted by molar-refractivity contribution is 7.19. The van der Waals surface area contributed by atoms with Crippen LogP contribution in [0.3, 0.4) is 0 Å². The molecule has 0 saturated carbocycles. The molecule has 1 aromatic carbocycles. The number of rotatable bonds is 6. The molecule has 220 valence electrons. The van der Waals surface area contributed by atoms with Crippen molar-refractivity contribution >= 4 is 57.1 Å². The van der Waals surface area contributed by atoms with E-state index < -0.39 is 0 Å². The first-order chi connectivity index (χ1) is 19.9. The largest absolute Gasteiger partial charge is 0.398 e. The van der Waals surface area contributed by atoms with Crippen molar-refractivity contribution < 1.29 is 9.53 Å². The highest BCUT2D eigenvalue weighted by atomic mass is 32.1. The first-order valence-electron chi connectivity index (χ1n) is 14.6. The van der Waals surface area contributed by atoms with E-state index >= 15 is 0 Å². The molecule has 0 bridgehead atoms. The second kappa shape index (κ2) is 13.1. The van der Waals surface area contributed by atoms with E-state index in [0.29, 0.717) is 24.9 Å². The van der Waals surface area contributed by atoms with Crippen molar-refractivity contribution in [2.24, 2.45) is 0 Å². The van der Waals surface area contributed by atoms with Crippen molar-refractivity contribution in [3.8, 4) is 0 Å². The molecule has 6 rings (SSSR count). The number of benzene rings is 1. The molecule has 41 heavy (non-hydrogen) atoms. The predicted molar refractivity (Wildman–Crippen MR) is 168 cm³/mol. The van der Waals surface area contributed by atoms with Crippen molar-refractivity contribution in [2.45, 2.75) is 57.5 Å². The van der Waals surface area contributed by atoms with Gasteiger partial charge in [-0.05, 0) is 77.2 Å². The fourth-order valence-electron chi connectivity index (χ4n) is 5.94. The lowest BCUT2D eigenvalue weighted by atomic mass is 9.97. The lowest BCUT2D eigenvalue weighted by Gasteiger charge is -2.37. The van der Waals surface area contributed by atoms with Gasteiger partial charge in [0.1, 0.15) is 17.0 Å². The number of hydrogen-bond acceptors (Lipinski definition) is 10. The third-order valence-corrected chi connectivity index (χ3v) is 9.65. The summed E-state index contributed by atoms with van der Waals surface area (Å²) in [5.74, 6) is 0.861. The van der Waals surface area contributed by atoms with Gasteiger partial charge in [0.05, 0.1) is 36.0 Å². The normalized spacial score (nSPS) is 19.5. The minimum atomic E-state index is 0.260. The number of aromatic nitrogens is 2. The number of carbonyl (C=O) groups is 1. The van der Waals surface area contributed by atoms with Crippen molar-refractivity contribution in [2.75, 3.05) is 62.9 Å². The maximum absolute atomic E-state index is 10.2. The number of aryl methyl sites for hydroxylation is 2. The van der Waals surface area contributed by atoms with Gasteiger partial charge in [0, 0.05) is 48.0 Å². The second-order valence-corrected chi connectivity index (χ2v) is 12.4. The van der Waals surface area contributed by atoms with Crippen LogP contribution in [-0.2, 0) is 22.4 Å². The van der Waals surface area contributed by atoms with Gasteiger partial charge >= 0.3 is 0 Å². The molecule has 2 aliphatic heterocycles. The van der Waals surface area contributed by atoms with E-state index in [1.54, 1.807) is 11.2 Å². The Morgan fingerprint density at radius 1 is 1.17 bits per heavy atom. The molecule has 1 unspecified atom stereocenters. The average Bonchev–Trinajstić information content (AvgIpc) is 3.38. The third kappa shape index (κ3) is 6.47. The summed E-state index contributed by atoms with van der Waals surface area (Å²) in [6, 6.07) is 4.87. The van der Waals surface area contributed by atoms with E-state index in [9.17, 15) is 4.79 Å². The van der Waals surface area contributed by atoms with Gasteiger partial charge in [-0.3, -0.25) is 4.79 Å². The zero-order valence-electron chi connectivity index (χ0n) is 24.4. The minimum Gasteiger partial charge on any atom is -0.398 e. The monoisotopic (exact) mass is 578 g/mol. The van der Waals surface area contributed by atoms with Crippen LogP contribution in [0.1, 0.15) is 48.6 Å². The predicted octanol–water partition coefficient (Wildman–Crippen LogP) is 4.29. The minimum absolute atomic E-state index is 0.260. The van der Waals surface area contributed by atoms with E-state index in [1.807, 2.05) is 30.4 Å². The zero-order chi connectivity index (χ0) is 28.9. The van der Waals surface area contributed by atoms with E-state index in [1.165, 1.54) is 29.5 Å². The van der Waals surface area contributed by atoms with Crippen LogP contribution in [-0.4, -0.2) is 91.4 Å². The number of nitrogens with two attached hydrogens (primary N) is 1. The molecule has 2 saturated heterocycles. The maximum atomic E-state index is 10.2. The Morgan fingerprint density at radius 2 is 1.95 bits per heavy atom. The number of nitrogen functional groups attached to an aromatic ring is 1. The highest BCUT2D eigenvalue weighted by Crippen LogP contribution is 2.41. The molecule has 1 amide bonds. The Morgan fingerprint density at radius 3 is 2.63 bits per heavy atom. The summed E-state index contributed by atoms with van der Waals surface area (Å²) < 4.78 is 5.11. The Kier molecular flexibility index (Phi) is 9.36. The third-order valence-electron chi connectivity index (χ3n) is 8.45.